The first-order valence-electron chi connectivity index (χ1n) is 12.1. The van der Waals surface area contributed by atoms with Crippen LogP contribution in [-0.2, 0) is 55.1 Å². The number of hydrogen-bond donors (Lipinski definition) is 4. The Kier molecular flexibility index (Phi) is 8.23. The lowest BCUT2D eigenvalue weighted by Crippen LogP contribution is -2.57. The van der Waals surface area contributed by atoms with Crippen molar-refractivity contribution in [1.82, 2.24) is 0 Å². The van der Waals surface area contributed by atoms with Gasteiger partial charge in [-0.05, 0) is 22.3 Å². The number of rotatable bonds is 10. The molecular formula is C28H28O10. The second kappa shape index (κ2) is 11.6. The van der Waals surface area contributed by atoms with Crippen LogP contribution in [-0.4, -0.2) is 44.3 Å². The van der Waals surface area contributed by atoms with Crippen LogP contribution in [0, 0.1) is 35.5 Å². The number of ether oxygens (including phenoxy) is 2. The summed E-state index contributed by atoms with van der Waals surface area (Å²) in [5.41, 5.74) is 2.57. The summed E-state index contributed by atoms with van der Waals surface area (Å²) >= 11 is 0. The van der Waals surface area contributed by atoms with Crippen molar-refractivity contribution in [3.63, 3.8) is 0 Å². The van der Waals surface area contributed by atoms with Gasteiger partial charge in [-0.15, -0.1) is 0 Å². The van der Waals surface area contributed by atoms with Crippen molar-refractivity contribution in [3.8, 4) is 0 Å². The molecule has 4 N–H and O–H groups in total. The lowest BCUT2D eigenvalue weighted by molar-refractivity contribution is -0.183. The fourth-order valence-electron chi connectivity index (χ4n) is 5.37. The summed E-state index contributed by atoms with van der Waals surface area (Å²) in [7, 11) is 0. The van der Waals surface area contributed by atoms with Crippen molar-refractivity contribution in [2.45, 2.75) is 26.4 Å². The third-order valence-corrected chi connectivity index (χ3v) is 7.28. The first kappa shape index (κ1) is 27.0. The number of esters is 2. The van der Waals surface area contributed by atoms with Gasteiger partial charge in [-0.2, -0.15) is 0 Å². The van der Waals surface area contributed by atoms with Crippen molar-refractivity contribution >= 4 is 23.9 Å². The highest BCUT2D eigenvalue weighted by Gasteiger charge is 2.61. The Morgan fingerprint density at radius 1 is 0.553 bits per heavy atom. The van der Waals surface area contributed by atoms with Crippen LogP contribution in [0.25, 0.3) is 0 Å². The van der Waals surface area contributed by atoms with E-state index in [9.17, 15) is 29.4 Å². The quantitative estimate of drug-likeness (QED) is 0.266. The first-order valence-corrected chi connectivity index (χ1v) is 12.1. The molecule has 0 saturated heterocycles. The summed E-state index contributed by atoms with van der Waals surface area (Å²) in [4.78, 5) is 50.8. The maximum Gasteiger partial charge on any atom is 0.310 e. The zero-order chi connectivity index (χ0) is 27.4. The highest BCUT2D eigenvalue weighted by molar-refractivity contribution is 5.89. The summed E-state index contributed by atoms with van der Waals surface area (Å²) in [5, 5.41) is 38.4. The van der Waals surface area contributed by atoms with E-state index in [0.29, 0.717) is 22.3 Å². The number of aliphatic carboxylic acids is 2. The summed E-state index contributed by atoms with van der Waals surface area (Å²) < 4.78 is 10.8. The topological polar surface area (TPSA) is 168 Å². The minimum atomic E-state index is -1.37. The van der Waals surface area contributed by atoms with Gasteiger partial charge in [0.05, 0.1) is 36.9 Å². The third kappa shape index (κ3) is 5.46. The molecule has 1 fully saturated rings. The Bertz CT molecular complexity index is 1120. The predicted octanol–water partition coefficient (Wildman–Crippen LogP) is 1.91. The number of carboxylic acids is 2. The van der Waals surface area contributed by atoms with E-state index in [0.717, 1.165) is 0 Å². The monoisotopic (exact) mass is 524 g/mol. The van der Waals surface area contributed by atoms with Crippen molar-refractivity contribution < 1.29 is 49.1 Å². The van der Waals surface area contributed by atoms with E-state index >= 15 is 0 Å². The SMILES string of the molecule is O=C(O)C1C2C=CC(C(C(=O)O)C2C(=O)OCc2ccc(CO)cc2)C1C(=O)OCc1ccc(CO)cc1. The van der Waals surface area contributed by atoms with Gasteiger partial charge in [0, 0.05) is 11.8 Å². The van der Waals surface area contributed by atoms with Crippen LogP contribution in [0.2, 0.25) is 0 Å². The summed E-state index contributed by atoms with van der Waals surface area (Å²) in [6, 6.07) is 13.3. The van der Waals surface area contributed by atoms with Gasteiger partial charge in [0.15, 0.2) is 0 Å². The van der Waals surface area contributed by atoms with Crippen molar-refractivity contribution in [2.24, 2.45) is 35.5 Å². The van der Waals surface area contributed by atoms with E-state index < -0.39 is 59.4 Å². The van der Waals surface area contributed by atoms with E-state index in [1.807, 2.05) is 0 Å². The molecule has 0 radical (unpaired) electrons. The molecule has 0 heterocycles. The van der Waals surface area contributed by atoms with Crippen LogP contribution < -0.4 is 0 Å². The highest BCUT2D eigenvalue weighted by Crippen LogP contribution is 2.52. The number of allylic oxidation sites excluding steroid dienone is 2. The predicted molar refractivity (Wildman–Crippen MR) is 130 cm³/mol. The Morgan fingerprint density at radius 3 is 1.16 bits per heavy atom. The number of carboxylic acid groups (broad SMARTS) is 2. The minimum Gasteiger partial charge on any atom is -0.481 e. The molecule has 2 aromatic rings. The molecular weight excluding hydrogens is 496 g/mol. The van der Waals surface area contributed by atoms with Gasteiger partial charge in [0.1, 0.15) is 13.2 Å². The standard InChI is InChI=1S/C28H28O10/c29-11-15-1-5-17(6-2-15)13-37-27(35)23-19-9-10-20(21(23)25(31)32)24(22(19)26(33)34)28(36)38-14-18-7-3-16(12-30)4-8-18/h1-10,19-24,29-30H,11-14H2,(H,31,32)(H,33,34). The van der Waals surface area contributed by atoms with Crippen LogP contribution in [0.5, 0.6) is 0 Å². The van der Waals surface area contributed by atoms with E-state index in [2.05, 4.69) is 0 Å². The molecule has 5 rings (SSSR count). The number of carbonyl (C=O) groups excluding carboxylic acids is 2. The third-order valence-electron chi connectivity index (χ3n) is 7.28. The minimum absolute atomic E-state index is 0.145. The Hall–Kier alpha value is -4.02. The summed E-state index contributed by atoms with van der Waals surface area (Å²) in [6.45, 7) is -0.610. The fraction of sp³-hybridized carbons (Fsp3) is 0.357. The molecule has 0 aliphatic heterocycles. The second-order valence-electron chi connectivity index (χ2n) is 9.48. The Balaban J connectivity index is 1.52. The molecule has 2 aromatic carbocycles. The fourth-order valence-corrected chi connectivity index (χ4v) is 5.37. The van der Waals surface area contributed by atoms with Crippen LogP contribution >= 0.6 is 0 Å². The number of aliphatic hydroxyl groups excluding tert-OH is 2. The molecule has 3 aliphatic carbocycles. The number of hydrogen-bond acceptors (Lipinski definition) is 8. The van der Waals surface area contributed by atoms with Crippen molar-refractivity contribution in [1.29, 1.82) is 0 Å². The van der Waals surface area contributed by atoms with Gasteiger partial charge in [0.2, 0.25) is 0 Å². The lowest BCUT2D eigenvalue weighted by atomic mass is 9.53. The molecule has 10 heteroatoms. The van der Waals surface area contributed by atoms with Gasteiger partial charge in [-0.1, -0.05) is 60.7 Å². The van der Waals surface area contributed by atoms with Gasteiger partial charge in [-0.25, -0.2) is 0 Å². The average molecular weight is 525 g/mol. The molecule has 0 amide bonds. The molecule has 3 aliphatic rings. The van der Waals surface area contributed by atoms with Crippen LogP contribution in [0.3, 0.4) is 0 Å². The lowest BCUT2D eigenvalue weighted by Gasteiger charge is -2.48. The molecule has 0 spiro atoms. The second-order valence-corrected chi connectivity index (χ2v) is 9.48. The largest absolute Gasteiger partial charge is 0.481 e. The molecule has 10 nitrogen and oxygen atoms in total. The van der Waals surface area contributed by atoms with Gasteiger partial charge >= 0.3 is 23.9 Å². The van der Waals surface area contributed by atoms with E-state index in [-0.39, 0.29) is 26.4 Å². The number of benzene rings is 2. The normalized spacial score (nSPS) is 25.5. The maximum absolute atomic E-state index is 13.1. The first-order chi connectivity index (χ1) is 18.2. The van der Waals surface area contributed by atoms with Gasteiger partial charge in [-0.3, -0.25) is 19.2 Å². The highest BCUT2D eigenvalue weighted by atomic mass is 16.5. The molecule has 0 aromatic heterocycles. The van der Waals surface area contributed by atoms with Gasteiger partial charge < -0.3 is 29.9 Å². The van der Waals surface area contributed by atoms with Crippen LogP contribution in [0.1, 0.15) is 22.3 Å². The van der Waals surface area contributed by atoms with Crippen LogP contribution in [0.4, 0.5) is 0 Å². The van der Waals surface area contributed by atoms with Crippen LogP contribution in [0.15, 0.2) is 60.7 Å². The molecule has 200 valence electrons. The van der Waals surface area contributed by atoms with E-state index in [1.54, 1.807) is 48.5 Å². The Labute approximate surface area is 218 Å². The van der Waals surface area contributed by atoms with Crippen molar-refractivity contribution in [2.75, 3.05) is 0 Å². The Morgan fingerprint density at radius 2 is 0.868 bits per heavy atom. The smallest absolute Gasteiger partial charge is 0.310 e. The zero-order valence-corrected chi connectivity index (χ0v) is 20.3. The average Bonchev–Trinajstić information content (AvgIpc) is 2.94. The van der Waals surface area contributed by atoms with Crippen molar-refractivity contribution in [3.05, 3.63) is 82.9 Å². The van der Waals surface area contributed by atoms with E-state index in [1.165, 1.54) is 12.2 Å². The summed E-state index contributed by atoms with van der Waals surface area (Å²) in [5.74, 6) is -11.9. The van der Waals surface area contributed by atoms with Gasteiger partial charge in [0.25, 0.3) is 0 Å². The molecule has 38 heavy (non-hydrogen) atoms. The molecule has 1 saturated carbocycles. The molecule has 6 unspecified atom stereocenters. The zero-order valence-electron chi connectivity index (χ0n) is 20.3. The molecule has 6 atom stereocenters. The molecule has 2 bridgehead atoms. The maximum atomic E-state index is 13.1. The summed E-state index contributed by atoms with van der Waals surface area (Å²) in [6.07, 6.45) is 2.98. The number of aliphatic hydroxyl groups is 2. The van der Waals surface area contributed by atoms with E-state index in [4.69, 9.17) is 19.7 Å². The number of carbonyl (C=O) groups is 4. The number of fused-ring (bicyclic) bond motifs is 2.